The van der Waals surface area contributed by atoms with Gasteiger partial charge in [-0.3, -0.25) is 4.79 Å². The van der Waals surface area contributed by atoms with Crippen LogP contribution in [0.15, 0.2) is 50.3 Å². The highest BCUT2D eigenvalue weighted by atomic mass is 32.2. The Hall–Kier alpha value is -3.01. The monoisotopic (exact) mass is 444 g/mol. The summed E-state index contributed by atoms with van der Waals surface area (Å²) in [6.07, 6.45) is 4.25. The van der Waals surface area contributed by atoms with Gasteiger partial charge in [-0.15, -0.1) is 0 Å². The fourth-order valence-electron chi connectivity index (χ4n) is 3.27. The number of rotatable bonds is 9. The summed E-state index contributed by atoms with van der Waals surface area (Å²) in [6, 6.07) is 7.75. The average molecular weight is 445 g/mol. The van der Waals surface area contributed by atoms with Crippen molar-refractivity contribution in [1.82, 2.24) is 15.2 Å². The number of carbonyl (C=O) groups excluding carboxylic acids is 1. The highest BCUT2D eigenvalue weighted by Gasteiger charge is 2.38. The molecule has 0 saturated heterocycles. The Morgan fingerprint density at radius 2 is 2.16 bits per heavy atom. The summed E-state index contributed by atoms with van der Waals surface area (Å²) >= 11 is 1.80. The zero-order valence-electron chi connectivity index (χ0n) is 18.4. The molecule has 1 aromatic rings. The number of nitrogens with zero attached hydrogens (tertiary/aromatic N) is 5. The van der Waals surface area contributed by atoms with Crippen molar-refractivity contribution >= 4 is 35.9 Å². The van der Waals surface area contributed by atoms with Crippen LogP contribution in [0.4, 0.5) is 0 Å². The van der Waals surface area contributed by atoms with Crippen molar-refractivity contribution in [2.75, 3.05) is 14.2 Å². The van der Waals surface area contributed by atoms with E-state index in [2.05, 4.69) is 46.4 Å². The molecule has 1 N–H and O–H groups in total. The van der Waals surface area contributed by atoms with Crippen LogP contribution < -0.4 is 5.32 Å². The van der Waals surface area contributed by atoms with Crippen LogP contribution in [-0.4, -0.2) is 59.8 Å². The second-order valence-electron chi connectivity index (χ2n) is 7.19. The molecule has 0 aromatic heterocycles. The number of hydrazone groups is 1. The second-order valence-corrected chi connectivity index (χ2v) is 8.46. The molecule has 1 amide bonds. The molecule has 2 aliphatic heterocycles. The van der Waals surface area contributed by atoms with Gasteiger partial charge in [0.15, 0.2) is 11.2 Å². The highest BCUT2D eigenvalue weighted by Crippen LogP contribution is 2.43. The number of carbonyl (C=O) groups is 1. The van der Waals surface area contributed by atoms with Gasteiger partial charge in [-0.2, -0.15) is 5.10 Å². The van der Waals surface area contributed by atoms with Crippen LogP contribution in [0.2, 0.25) is 0 Å². The van der Waals surface area contributed by atoms with Crippen molar-refractivity contribution in [2.45, 2.75) is 45.3 Å². The molecular formula is C21H28N6O3S. The summed E-state index contributed by atoms with van der Waals surface area (Å²) in [4.78, 5) is 26.0. The standard InChI is InChI=1S/C21H28N6O3S/c1-14(2)26-13-23-27-18(15(3)31-21(26)27)10-11-24-30-12-16-8-6-7-9-17(16)19(25-29-5)20(28)22-4/h6-9,11,13-14,21H,10,12H2,1-5H3,(H,22,28). The van der Waals surface area contributed by atoms with Gasteiger partial charge in [0.25, 0.3) is 5.91 Å². The molecule has 0 aliphatic carbocycles. The van der Waals surface area contributed by atoms with Crippen LogP contribution in [0.1, 0.15) is 38.3 Å². The molecule has 0 radical (unpaired) electrons. The Morgan fingerprint density at radius 1 is 1.39 bits per heavy atom. The molecule has 0 fully saturated rings. The fraction of sp³-hybridized carbons (Fsp3) is 0.429. The number of likely N-dealkylation sites (N-methyl/N-ethyl adjacent to an activating group) is 1. The van der Waals surface area contributed by atoms with E-state index in [0.29, 0.717) is 18.0 Å². The second kappa shape index (κ2) is 10.3. The Morgan fingerprint density at radius 3 is 2.87 bits per heavy atom. The Bertz CT molecular complexity index is 927. The van der Waals surface area contributed by atoms with Crippen molar-refractivity contribution < 1.29 is 14.5 Å². The zero-order valence-corrected chi connectivity index (χ0v) is 19.2. The van der Waals surface area contributed by atoms with Gasteiger partial charge in [0.2, 0.25) is 0 Å². The fourth-order valence-corrected chi connectivity index (χ4v) is 4.60. The summed E-state index contributed by atoms with van der Waals surface area (Å²) in [5.74, 6) is -0.338. The lowest BCUT2D eigenvalue weighted by atomic mass is 10.0. The van der Waals surface area contributed by atoms with E-state index >= 15 is 0 Å². The van der Waals surface area contributed by atoms with Crippen LogP contribution >= 0.6 is 11.8 Å². The van der Waals surface area contributed by atoms with Gasteiger partial charge in [0.1, 0.15) is 20.1 Å². The number of nitrogens with one attached hydrogen (secondary N) is 1. The van der Waals surface area contributed by atoms with Gasteiger partial charge in [0, 0.05) is 41.8 Å². The number of hydrogen-bond donors (Lipinski definition) is 1. The summed E-state index contributed by atoms with van der Waals surface area (Å²) < 4.78 is 0. The summed E-state index contributed by atoms with van der Waals surface area (Å²) in [7, 11) is 2.95. The lowest BCUT2D eigenvalue weighted by Crippen LogP contribution is -2.38. The molecule has 2 heterocycles. The smallest absolute Gasteiger partial charge is 0.273 e. The van der Waals surface area contributed by atoms with E-state index < -0.39 is 0 Å². The third-order valence-electron chi connectivity index (χ3n) is 4.89. The number of allylic oxidation sites excluding steroid dienone is 2. The lowest BCUT2D eigenvalue weighted by molar-refractivity contribution is -0.114. The third-order valence-corrected chi connectivity index (χ3v) is 6.13. The average Bonchev–Trinajstić information content (AvgIpc) is 3.30. The Balaban J connectivity index is 1.61. The Kier molecular flexibility index (Phi) is 7.56. The predicted molar refractivity (Wildman–Crippen MR) is 123 cm³/mol. The van der Waals surface area contributed by atoms with E-state index in [-0.39, 0.29) is 23.7 Å². The molecule has 0 saturated carbocycles. The first-order chi connectivity index (χ1) is 15.0. The summed E-state index contributed by atoms with van der Waals surface area (Å²) in [5.41, 5.74) is 2.90. The largest absolute Gasteiger partial charge is 0.398 e. The number of hydrogen-bond acceptors (Lipinski definition) is 9. The van der Waals surface area contributed by atoms with Crippen molar-refractivity contribution in [3.8, 4) is 0 Å². The van der Waals surface area contributed by atoms with E-state index in [9.17, 15) is 4.79 Å². The maximum atomic E-state index is 12.1. The highest BCUT2D eigenvalue weighted by molar-refractivity contribution is 8.03. The van der Waals surface area contributed by atoms with Crippen molar-refractivity contribution in [2.24, 2.45) is 15.4 Å². The molecule has 1 unspecified atom stereocenters. The van der Waals surface area contributed by atoms with Gasteiger partial charge in [-0.05, 0) is 20.8 Å². The van der Waals surface area contributed by atoms with Gasteiger partial charge < -0.3 is 19.9 Å². The maximum Gasteiger partial charge on any atom is 0.273 e. The van der Waals surface area contributed by atoms with E-state index in [4.69, 9.17) is 9.68 Å². The molecule has 10 heteroatoms. The molecule has 9 nitrogen and oxygen atoms in total. The molecule has 31 heavy (non-hydrogen) atoms. The molecule has 1 aromatic carbocycles. The van der Waals surface area contributed by atoms with Crippen LogP contribution in [0.25, 0.3) is 0 Å². The third kappa shape index (κ3) is 5.01. The normalized spacial score (nSPS) is 18.4. The molecule has 0 spiro atoms. The first kappa shape index (κ1) is 22.7. The number of oxime groups is 2. The van der Waals surface area contributed by atoms with Gasteiger partial charge >= 0.3 is 0 Å². The zero-order chi connectivity index (χ0) is 22.4. The molecule has 2 aliphatic rings. The molecule has 0 bridgehead atoms. The quantitative estimate of drug-likeness (QED) is 0.465. The van der Waals surface area contributed by atoms with Gasteiger partial charge in [-0.25, -0.2) is 5.01 Å². The van der Waals surface area contributed by atoms with Crippen molar-refractivity contribution in [3.63, 3.8) is 0 Å². The summed E-state index contributed by atoms with van der Waals surface area (Å²) in [6.45, 7) is 6.62. The van der Waals surface area contributed by atoms with Crippen LogP contribution in [-0.2, 0) is 21.1 Å². The Labute approximate surface area is 186 Å². The topological polar surface area (TPSA) is 91.1 Å². The van der Waals surface area contributed by atoms with Crippen molar-refractivity contribution in [1.29, 1.82) is 0 Å². The maximum absolute atomic E-state index is 12.1. The molecule has 1 atom stereocenters. The minimum atomic E-state index is -0.338. The minimum absolute atomic E-state index is 0.180. The minimum Gasteiger partial charge on any atom is -0.398 e. The molecule has 166 valence electrons. The van der Waals surface area contributed by atoms with Gasteiger partial charge in [0.05, 0.1) is 5.70 Å². The number of fused-ring (bicyclic) bond motifs is 1. The van der Waals surface area contributed by atoms with Crippen LogP contribution in [0.3, 0.4) is 0 Å². The first-order valence-electron chi connectivity index (χ1n) is 10.00. The SMILES string of the molecule is CNC(=O)C(=NOC)c1ccccc1CON=CCC1=C(C)SC2N1N=CN2C(C)C. The van der Waals surface area contributed by atoms with Crippen LogP contribution in [0.5, 0.6) is 0 Å². The predicted octanol–water partition coefficient (Wildman–Crippen LogP) is 2.91. The van der Waals surface area contributed by atoms with Crippen molar-refractivity contribution in [3.05, 3.63) is 46.0 Å². The van der Waals surface area contributed by atoms with Crippen LogP contribution in [0, 0.1) is 0 Å². The molecular weight excluding hydrogens is 416 g/mol. The van der Waals surface area contributed by atoms with E-state index in [1.54, 1.807) is 31.1 Å². The summed E-state index contributed by atoms with van der Waals surface area (Å²) in [5, 5.41) is 17.1. The first-order valence-corrected chi connectivity index (χ1v) is 10.9. The lowest BCUT2D eigenvalue weighted by Gasteiger charge is -2.28. The number of thioether (sulfide) groups is 1. The van der Waals surface area contributed by atoms with E-state index in [0.717, 1.165) is 11.3 Å². The number of amides is 1. The van der Waals surface area contributed by atoms with Gasteiger partial charge in [-0.1, -0.05) is 46.3 Å². The van der Waals surface area contributed by atoms with E-state index in [1.807, 2.05) is 29.5 Å². The molecule has 3 rings (SSSR count). The van der Waals surface area contributed by atoms with E-state index in [1.165, 1.54) is 12.0 Å². The number of benzene rings is 1.